The highest BCUT2D eigenvalue weighted by molar-refractivity contribution is 5.97. The molecule has 1 atom stereocenters. The van der Waals surface area contributed by atoms with E-state index >= 15 is 0 Å². The third-order valence-corrected chi connectivity index (χ3v) is 3.77. The number of rotatable bonds is 7. The third kappa shape index (κ3) is 6.21. The fourth-order valence-corrected chi connectivity index (χ4v) is 2.20. The number of ketones is 1. The maximum absolute atomic E-state index is 12.2. The number of carbonyl (C=O) groups is 3. The van der Waals surface area contributed by atoms with Crippen LogP contribution in [0.4, 0.5) is 0 Å². The maximum atomic E-state index is 12.2. The van der Waals surface area contributed by atoms with Gasteiger partial charge < -0.3 is 15.4 Å². The fraction of sp³-hybridized carbons (Fsp3) is 0.526. The average molecular weight is 346 g/mol. The van der Waals surface area contributed by atoms with Crippen molar-refractivity contribution in [2.24, 2.45) is 5.92 Å². The SMILES string of the molecule is C[C@@H](NC(=O)c1ccc(OCC(=O)C2CC2)cc1)C(=O)NC(C)(C)C. The van der Waals surface area contributed by atoms with Crippen molar-refractivity contribution in [3.63, 3.8) is 0 Å². The van der Waals surface area contributed by atoms with E-state index < -0.39 is 6.04 Å². The maximum Gasteiger partial charge on any atom is 0.251 e. The molecule has 1 aliphatic rings. The predicted molar refractivity (Wildman–Crippen MR) is 94.5 cm³/mol. The van der Waals surface area contributed by atoms with Crippen molar-refractivity contribution < 1.29 is 19.1 Å². The summed E-state index contributed by atoms with van der Waals surface area (Å²) in [5.74, 6) is 0.270. The van der Waals surface area contributed by atoms with Crippen LogP contribution in [0.1, 0.15) is 50.9 Å². The van der Waals surface area contributed by atoms with Crippen molar-refractivity contribution in [1.82, 2.24) is 10.6 Å². The normalized spacial score (nSPS) is 15.2. The van der Waals surface area contributed by atoms with Crippen LogP contribution < -0.4 is 15.4 Å². The van der Waals surface area contributed by atoms with Crippen LogP contribution in [0.2, 0.25) is 0 Å². The van der Waals surface area contributed by atoms with Crippen LogP contribution >= 0.6 is 0 Å². The molecule has 2 amide bonds. The second-order valence-corrected chi connectivity index (χ2v) is 7.49. The topological polar surface area (TPSA) is 84.5 Å². The molecule has 136 valence electrons. The van der Waals surface area contributed by atoms with Crippen molar-refractivity contribution in [2.75, 3.05) is 6.61 Å². The first-order valence-electron chi connectivity index (χ1n) is 8.54. The highest BCUT2D eigenvalue weighted by atomic mass is 16.5. The molecular formula is C19H26N2O4. The summed E-state index contributed by atoms with van der Waals surface area (Å²) in [6, 6.07) is 5.88. The van der Waals surface area contributed by atoms with Gasteiger partial charge >= 0.3 is 0 Å². The summed E-state index contributed by atoms with van der Waals surface area (Å²) in [4.78, 5) is 35.8. The van der Waals surface area contributed by atoms with Crippen LogP contribution in [0.5, 0.6) is 5.75 Å². The Kier molecular flexibility index (Phi) is 5.82. The van der Waals surface area contributed by atoms with Gasteiger partial charge in [-0.3, -0.25) is 14.4 Å². The van der Waals surface area contributed by atoms with E-state index in [-0.39, 0.29) is 35.7 Å². The van der Waals surface area contributed by atoms with E-state index in [1.165, 1.54) is 0 Å². The smallest absolute Gasteiger partial charge is 0.251 e. The highest BCUT2D eigenvalue weighted by Crippen LogP contribution is 2.29. The molecule has 0 unspecified atom stereocenters. The molecule has 0 radical (unpaired) electrons. The molecule has 0 spiro atoms. The van der Waals surface area contributed by atoms with Crippen LogP contribution in [0.25, 0.3) is 0 Å². The van der Waals surface area contributed by atoms with Gasteiger partial charge in [0.15, 0.2) is 5.78 Å². The molecule has 6 nitrogen and oxygen atoms in total. The fourth-order valence-electron chi connectivity index (χ4n) is 2.20. The molecule has 1 aromatic rings. The van der Waals surface area contributed by atoms with E-state index in [0.29, 0.717) is 11.3 Å². The summed E-state index contributed by atoms with van der Waals surface area (Å²) in [7, 11) is 0. The minimum absolute atomic E-state index is 0.0697. The minimum atomic E-state index is -0.640. The van der Waals surface area contributed by atoms with Gasteiger partial charge in [-0.1, -0.05) is 0 Å². The van der Waals surface area contributed by atoms with E-state index in [4.69, 9.17) is 4.74 Å². The summed E-state index contributed by atoms with van der Waals surface area (Å²) in [5, 5.41) is 5.49. The Balaban J connectivity index is 1.84. The molecule has 0 heterocycles. The van der Waals surface area contributed by atoms with Gasteiger partial charge in [-0.2, -0.15) is 0 Å². The first kappa shape index (κ1) is 19.0. The van der Waals surface area contributed by atoms with Crippen LogP contribution in [0.15, 0.2) is 24.3 Å². The van der Waals surface area contributed by atoms with Gasteiger partial charge in [0.2, 0.25) is 5.91 Å². The van der Waals surface area contributed by atoms with Crippen LogP contribution in [-0.4, -0.2) is 35.8 Å². The number of ether oxygens (including phenoxy) is 1. The first-order valence-corrected chi connectivity index (χ1v) is 8.54. The summed E-state index contributed by atoms with van der Waals surface area (Å²) in [6.07, 6.45) is 1.92. The number of benzene rings is 1. The van der Waals surface area contributed by atoms with E-state index in [0.717, 1.165) is 12.8 Å². The van der Waals surface area contributed by atoms with Crippen molar-refractivity contribution >= 4 is 17.6 Å². The van der Waals surface area contributed by atoms with Gasteiger partial charge in [0.1, 0.15) is 18.4 Å². The largest absolute Gasteiger partial charge is 0.486 e. The molecule has 2 N–H and O–H groups in total. The highest BCUT2D eigenvalue weighted by Gasteiger charge is 2.29. The predicted octanol–water partition coefficient (Wildman–Crippen LogP) is 2.08. The lowest BCUT2D eigenvalue weighted by Crippen LogP contribution is -2.50. The summed E-state index contributed by atoms with van der Waals surface area (Å²) in [5.41, 5.74) is 0.0729. The van der Waals surface area contributed by atoms with Gasteiger partial charge in [-0.15, -0.1) is 0 Å². The van der Waals surface area contributed by atoms with Crippen LogP contribution in [0, 0.1) is 5.92 Å². The van der Waals surface area contributed by atoms with Gasteiger partial charge in [-0.05, 0) is 64.8 Å². The van der Waals surface area contributed by atoms with Crippen molar-refractivity contribution in [1.29, 1.82) is 0 Å². The summed E-state index contributed by atoms with van der Waals surface area (Å²) in [6.45, 7) is 7.35. The molecule has 1 aromatic carbocycles. The monoisotopic (exact) mass is 346 g/mol. The molecule has 25 heavy (non-hydrogen) atoms. The number of hydrogen-bond donors (Lipinski definition) is 2. The summed E-state index contributed by atoms with van der Waals surface area (Å²) < 4.78 is 5.43. The zero-order valence-electron chi connectivity index (χ0n) is 15.2. The van der Waals surface area contributed by atoms with E-state index in [1.807, 2.05) is 20.8 Å². The Labute approximate surface area is 148 Å². The van der Waals surface area contributed by atoms with Gasteiger partial charge in [0.05, 0.1) is 0 Å². The van der Waals surface area contributed by atoms with E-state index in [1.54, 1.807) is 31.2 Å². The molecule has 0 saturated heterocycles. The Bertz CT molecular complexity index is 642. The summed E-state index contributed by atoms with van der Waals surface area (Å²) >= 11 is 0. The molecule has 1 saturated carbocycles. The molecule has 1 fully saturated rings. The van der Waals surface area contributed by atoms with Crippen LogP contribution in [0.3, 0.4) is 0 Å². The van der Waals surface area contributed by atoms with Crippen molar-refractivity contribution in [3.05, 3.63) is 29.8 Å². The van der Waals surface area contributed by atoms with Crippen LogP contribution in [-0.2, 0) is 9.59 Å². The zero-order chi connectivity index (χ0) is 18.6. The molecule has 6 heteroatoms. The van der Waals surface area contributed by atoms with Crippen molar-refractivity contribution in [2.45, 2.75) is 52.1 Å². The number of carbonyl (C=O) groups excluding carboxylic acids is 3. The van der Waals surface area contributed by atoms with Gasteiger partial charge in [0, 0.05) is 17.0 Å². The molecule has 0 aromatic heterocycles. The molecule has 1 aliphatic carbocycles. The Morgan fingerprint density at radius 2 is 1.76 bits per heavy atom. The first-order chi connectivity index (χ1) is 11.7. The van der Waals surface area contributed by atoms with Crippen molar-refractivity contribution in [3.8, 4) is 5.75 Å². The average Bonchev–Trinajstić information content (AvgIpc) is 3.36. The lowest BCUT2D eigenvalue weighted by molar-refractivity contribution is -0.124. The lowest BCUT2D eigenvalue weighted by Gasteiger charge is -2.23. The van der Waals surface area contributed by atoms with E-state index in [2.05, 4.69) is 10.6 Å². The quantitative estimate of drug-likeness (QED) is 0.792. The number of nitrogens with one attached hydrogen (secondary N) is 2. The van der Waals surface area contributed by atoms with Gasteiger partial charge in [0.25, 0.3) is 5.91 Å². The molecular weight excluding hydrogens is 320 g/mol. The Hall–Kier alpha value is -2.37. The second kappa shape index (κ2) is 7.68. The molecule has 0 bridgehead atoms. The standard InChI is InChI=1S/C19H26N2O4/c1-12(17(23)21-19(2,3)4)20-18(24)14-7-9-15(10-8-14)25-11-16(22)13-5-6-13/h7-10,12-13H,5-6,11H2,1-4H3,(H,20,24)(H,21,23)/t12-/m1/s1. The molecule has 0 aliphatic heterocycles. The number of amides is 2. The molecule has 2 rings (SSSR count). The number of hydrogen-bond acceptors (Lipinski definition) is 4. The Morgan fingerprint density at radius 3 is 2.28 bits per heavy atom. The Morgan fingerprint density at radius 1 is 1.16 bits per heavy atom. The second-order valence-electron chi connectivity index (χ2n) is 7.49. The third-order valence-electron chi connectivity index (χ3n) is 3.77. The van der Waals surface area contributed by atoms with Gasteiger partial charge in [-0.25, -0.2) is 0 Å². The zero-order valence-corrected chi connectivity index (χ0v) is 15.2. The minimum Gasteiger partial charge on any atom is -0.486 e. The lowest BCUT2D eigenvalue weighted by atomic mass is 10.1. The number of Topliss-reactive ketones (excluding diaryl/α,β-unsaturated/α-hetero) is 1. The van der Waals surface area contributed by atoms with E-state index in [9.17, 15) is 14.4 Å².